The van der Waals surface area contributed by atoms with Crippen molar-refractivity contribution in [3.8, 4) is 0 Å². The van der Waals surface area contributed by atoms with Crippen LogP contribution in [-0.4, -0.2) is 16.9 Å². The second-order valence-electron chi connectivity index (χ2n) is 6.22. The standard InChI is InChI=1S/C18H20ClF3N2O/c1-10(2)24-11(3)7-14(12(24)4)17(25)9-23-16-8-13(18(20,21)22)5-6-15(16)19/h5-8,10,23H,9H2,1-4H3. The molecule has 2 rings (SSSR count). The number of Topliss-reactive ketones (excluding diaryl/α,β-unsaturated/α-hetero) is 1. The molecule has 0 unspecified atom stereocenters. The zero-order chi connectivity index (χ0) is 18.9. The largest absolute Gasteiger partial charge is 0.416 e. The molecule has 0 aliphatic rings. The van der Waals surface area contributed by atoms with E-state index in [-0.39, 0.29) is 29.1 Å². The van der Waals surface area contributed by atoms with Crippen LogP contribution in [0, 0.1) is 13.8 Å². The highest BCUT2D eigenvalue weighted by Crippen LogP contribution is 2.33. The first-order chi connectivity index (χ1) is 11.5. The van der Waals surface area contributed by atoms with Gasteiger partial charge in [0.25, 0.3) is 0 Å². The smallest absolute Gasteiger partial charge is 0.376 e. The van der Waals surface area contributed by atoms with E-state index < -0.39 is 11.7 Å². The minimum absolute atomic E-state index is 0.0857. The Morgan fingerprint density at radius 1 is 1.24 bits per heavy atom. The van der Waals surface area contributed by atoms with Crippen LogP contribution in [-0.2, 0) is 6.18 Å². The van der Waals surface area contributed by atoms with E-state index in [9.17, 15) is 18.0 Å². The van der Waals surface area contributed by atoms with E-state index >= 15 is 0 Å². The van der Waals surface area contributed by atoms with Gasteiger partial charge in [0.2, 0.25) is 0 Å². The Kier molecular flexibility index (Phi) is 5.52. The number of carbonyl (C=O) groups is 1. The second kappa shape index (κ2) is 7.12. The van der Waals surface area contributed by atoms with Gasteiger partial charge >= 0.3 is 6.18 Å². The summed E-state index contributed by atoms with van der Waals surface area (Å²) < 4.78 is 40.4. The molecule has 0 radical (unpaired) electrons. The van der Waals surface area contributed by atoms with Crippen LogP contribution in [0.25, 0.3) is 0 Å². The first-order valence-corrected chi connectivity index (χ1v) is 8.22. The minimum Gasteiger partial charge on any atom is -0.376 e. The highest BCUT2D eigenvalue weighted by atomic mass is 35.5. The molecule has 0 saturated carbocycles. The maximum Gasteiger partial charge on any atom is 0.416 e. The summed E-state index contributed by atoms with van der Waals surface area (Å²) in [5, 5.41) is 2.85. The van der Waals surface area contributed by atoms with Crippen molar-refractivity contribution in [2.24, 2.45) is 0 Å². The van der Waals surface area contributed by atoms with E-state index in [1.165, 1.54) is 6.07 Å². The maximum absolute atomic E-state index is 12.8. The van der Waals surface area contributed by atoms with Gasteiger partial charge in [-0.25, -0.2) is 0 Å². The topological polar surface area (TPSA) is 34.0 Å². The molecule has 3 nitrogen and oxygen atoms in total. The lowest BCUT2D eigenvalue weighted by Gasteiger charge is -2.14. The molecule has 2 aromatic rings. The maximum atomic E-state index is 12.8. The Morgan fingerprint density at radius 3 is 2.40 bits per heavy atom. The number of alkyl halides is 3. The second-order valence-corrected chi connectivity index (χ2v) is 6.62. The molecular formula is C18H20ClF3N2O. The van der Waals surface area contributed by atoms with E-state index in [1.54, 1.807) is 6.07 Å². The van der Waals surface area contributed by atoms with Gasteiger partial charge in [-0.15, -0.1) is 0 Å². The fourth-order valence-electron chi connectivity index (χ4n) is 2.96. The van der Waals surface area contributed by atoms with Gasteiger partial charge in [0, 0.05) is 23.0 Å². The van der Waals surface area contributed by atoms with Gasteiger partial charge in [0.1, 0.15) is 0 Å². The Labute approximate surface area is 149 Å². The predicted octanol–water partition coefficient (Wildman–Crippen LogP) is 5.65. The fraction of sp³-hybridized carbons (Fsp3) is 0.389. The summed E-state index contributed by atoms with van der Waals surface area (Å²) in [7, 11) is 0. The number of aromatic nitrogens is 1. The van der Waals surface area contributed by atoms with E-state index in [4.69, 9.17) is 11.6 Å². The molecule has 0 aliphatic carbocycles. The number of aryl methyl sites for hydroxylation is 1. The number of benzene rings is 1. The molecule has 1 N–H and O–H groups in total. The Balaban J connectivity index is 2.20. The molecule has 25 heavy (non-hydrogen) atoms. The minimum atomic E-state index is -4.47. The van der Waals surface area contributed by atoms with Gasteiger partial charge in [0.05, 0.1) is 22.8 Å². The lowest BCUT2D eigenvalue weighted by atomic mass is 10.1. The summed E-state index contributed by atoms with van der Waals surface area (Å²) in [5.74, 6) is -0.200. The Morgan fingerprint density at radius 2 is 1.88 bits per heavy atom. The summed E-state index contributed by atoms with van der Waals surface area (Å²) in [4.78, 5) is 12.5. The van der Waals surface area contributed by atoms with Gasteiger partial charge in [-0.05, 0) is 52.0 Å². The molecule has 0 fully saturated rings. The number of nitrogens with one attached hydrogen (secondary N) is 1. The van der Waals surface area contributed by atoms with Crippen molar-refractivity contribution in [3.05, 3.63) is 51.8 Å². The van der Waals surface area contributed by atoms with Crippen LogP contribution in [0.2, 0.25) is 5.02 Å². The molecule has 1 aromatic heterocycles. The van der Waals surface area contributed by atoms with Crippen molar-refractivity contribution < 1.29 is 18.0 Å². The predicted molar refractivity (Wildman–Crippen MR) is 93.6 cm³/mol. The monoisotopic (exact) mass is 372 g/mol. The van der Waals surface area contributed by atoms with Crippen LogP contribution in [0.1, 0.15) is 47.2 Å². The summed E-state index contributed by atoms with van der Waals surface area (Å²) in [6, 6.07) is 5.00. The summed E-state index contributed by atoms with van der Waals surface area (Å²) >= 11 is 5.93. The van der Waals surface area contributed by atoms with Crippen molar-refractivity contribution in [1.29, 1.82) is 0 Å². The lowest BCUT2D eigenvalue weighted by Crippen LogP contribution is -2.16. The third kappa shape index (κ3) is 4.18. The summed E-state index contributed by atoms with van der Waals surface area (Å²) in [6.45, 7) is 7.69. The number of nitrogens with zero attached hydrogens (tertiary/aromatic N) is 1. The number of ketones is 1. The van der Waals surface area contributed by atoms with Crippen LogP contribution < -0.4 is 5.32 Å². The molecule has 0 bridgehead atoms. The molecule has 136 valence electrons. The van der Waals surface area contributed by atoms with E-state index in [2.05, 4.69) is 5.32 Å². The third-order valence-corrected chi connectivity index (χ3v) is 4.36. The third-order valence-electron chi connectivity index (χ3n) is 4.03. The Bertz CT molecular complexity index is 794. The van der Waals surface area contributed by atoms with Crippen molar-refractivity contribution in [1.82, 2.24) is 4.57 Å². The van der Waals surface area contributed by atoms with Crippen molar-refractivity contribution >= 4 is 23.1 Å². The molecule has 0 spiro atoms. The lowest BCUT2D eigenvalue weighted by molar-refractivity contribution is -0.137. The van der Waals surface area contributed by atoms with Crippen LogP contribution in [0.3, 0.4) is 0 Å². The zero-order valence-electron chi connectivity index (χ0n) is 14.5. The number of rotatable bonds is 5. The highest BCUT2D eigenvalue weighted by Gasteiger charge is 2.31. The Hall–Kier alpha value is -1.95. The fourth-order valence-corrected chi connectivity index (χ4v) is 3.15. The van der Waals surface area contributed by atoms with Crippen LogP contribution in [0.5, 0.6) is 0 Å². The number of hydrogen-bond acceptors (Lipinski definition) is 2. The average molecular weight is 373 g/mol. The van der Waals surface area contributed by atoms with Gasteiger partial charge < -0.3 is 9.88 Å². The molecule has 0 atom stereocenters. The zero-order valence-corrected chi connectivity index (χ0v) is 15.2. The van der Waals surface area contributed by atoms with E-state index in [1.807, 2.05) is 32.3 Å². The molecule has 0 saturated heterocycles. The first-order valence-electron chi connectivity index (χ1n) is 7.84. The number of carbonyl (C=O) groups excluding carboxylic acids is 1. The molecular weight excluding hydrogens is 353 g/mol. The van der Waals surface area contributed by atoms with Gasteiger partial charge in [-0.2, -0.15) is 13.2 Å². The molecule has 7 heteroatoms. The number of anilines is 1. The van der Waals surface area contributed by atoms with Crippen LogP contribution in [0.15, 0.2) is 24.3 Å². The normalized spacial score (nSPS) is 11.9. The quantitative estimate of drug-likeness (QED) is 0.688. The molecule has 1 heterocycles. The van der Waals surface area contributed by atoms with Crippen LogP contribution >= 0.6 is 11.6 Å². The SMILES string of the molecule is Cc1cc(C(=O)CNc2cc(C(F)(F)F)ccc2Cl)c(C)n1C(C)C. The van der Waals surface area contributed by atoms with Gasteiger partial charge in [-0.1, -0.05) is 11.6 Å². The van der Waals surface area contributed by atoms with Crippen molar-refractivity contribution in [2.75, 3.05) is 11.9 Å². The first kappa shape index (κ1) is 19.4. The van der Waals surface area contributed by atoms with E-state index in [0.29, 0.717) is 5.56 Å². The molecule has 1 aromatic carbocycles. The van der Waals surface area contributed by atoms with Gasteiger partial charge in [0.15, 0.2) is 5.78 Å². The summed E-state index contributed by atoms with van der Waals surface area (Å²) in [6.07, 6.45) is -4.47. The van der Waals surface area contributed by atoms with E-state index in [0.717, 1.165) is 23.5 Å². The number of halogens is 4. The average Bonchev–Trinajstić information content (AvgIpc) is 2.79. The van der Waals surface area contributed by atoms with Crippen molar-refractivity contribution in [2.45, 2.75) is 39.9 Å². The number of hydrogen-bond donors (Lipinski definition) is 1. The summed E-state index contributed by atoms with van der Waals surface area (Å²) in [5.41, 5.74) is 1.64. The van der Waals surface area contributed by atoms with Crippen molar-refractivity contribution in [3.63, 3.8) is 0 Å². The molecule has 0 amide bonds. The highest BCUT2D eigenvalue weighted by molar-refractivity contribution is 6.33. The van der Waals surface area contributed by atoms with Gasteiger partial charge in [-0.3, -0.25) is 4.79 Å². The van der Waals surface area contributed by atoms with Crippen LogP contribution in [0.4, 0.5) is 18.9 Å². The molecule has 0 aliphatic heterocycles.